The molecule has 0 bridgehead atoms. The largest absolute Gasteiger partial charge is 0.384 e. The van der Waals surface area contributed by atoms with Crippen molar-refractivity contribution in [1.82, 2.24) is 4.90 Å². The van der Waals surface area contributed by atoms with Gasteiger partial charge in [-0.3, -0.25) is 4.90 Å². The Balaban J connectivity index is 2.81. The third-order valence-corrected chi connectivity index (χ3v) is 3.95. The van der Waals surface area contributed by atoms with Gasteiger partial charge in [-0.1, -0.05) is 44.2 Å². The summed E-state index contributed by atoms with van der Waals surface area (Å²) in [5.41, 5.74) is 0.130. The van der Waals surface area contributed by atoms with Gasteiger partial charge < -0.3 is 9.84 Å². The Morgan fingerprint density at radius 1 is 1.20 bits per heavy atom. The van der Waals surface area contributed by atoms with E-state index in [-0.39, 0.29) is 0 Å². The first-order chi connectivity index (χ1) is 9.55. The van der Waals surface area contributed by atoms with Crippen LogP contribution < -0.4 is 0 Å². The maximum Gasteiger partial charge on any atom is 0.0994 e. The lowest BCUT2D eigenvalue weighted by molar-refractivity contribution is -0.00720. The molecule has 1 aromatic carbocycles. The standard InChI is InChI=1S/C17H29NO2/c1-5-16(6-2)18(12-13-20-4)14-17(3,19)15-10-8-7-9-11-15/h7-11,16,19H,5-6,12-14H2,1-4H3. The van der Waals surface area contributed by atoms with Crippen molar-refractivity contribution in [3.63, 3.8) is 0 Å². The summed E-state index contributed by atoms with van der Waals surface area (Å²) >= 11 is 0. The van der Waals surface area contributed by atoms with Gasteiger partial charge in [-0.05, 0) is 25.3 Å². The van der Waals surface area contributed by atoms with E-state index in [0.29, 0.717) is 19.2 Å². The molecule has 0 amide bonds. The van der Waals surface area contributed by atoms with Crippen LogP contribution in [0.3, 0.4) is 0 Å². The minimum atomic E-state index is -0.836. The van der Waals surface area contributed by atoms with Crippen LogP contribution in [0.2, 0.25) is 0 Å². The SMILES string of the molecule is CCC(CC)N(CCOC)CC(C)(O)c1ccccc1. The third kappa shape index (κ3) is 4.89. The Hall–Kier alpha value is -0.900. The first kappa shape index (κ1) is 17.2. The molecule has 0 saturated heterocycles. The summed E-state index contributed by atoms with van der Waals surface area (Å²) in [6, 6.07) is 10.4. The number of nitrogens with zero attached hydrogens (tertiary/aromatic N) is 1. The van der Waals surface area contributed by atoms with Gasteiger partial charge in [0, 0.05) is 26.2 Å². The molecule has 0 aliphatic rings. The summed E-state index contributed by atoms with van der Waals surface area (Å²) in [7, 11) is 1.72. The highest BCUT2D eigenvalue weighted by atomic mass is 16.5. The monoisotopic (exact) mass is 279 g/mol. The number of methoxy groups -OCH3 is 1. The quantitative estimate of drug-likeness (QED) is 0.754. The summed E-state index contributed by atoms with van der Waals surface area (Å²) < 4.78 is 5.21. The maximum absolute atomic E-state index is 10.8. The molecule has 0 spiro atoms. The predicted octanol–water partition coefficient (Wildman–Crippen LogP) is 3.03. The van der Waals surface area contributed by atoms with Crippen LogP contribution in [0.25, 0.3) is 0 Å². The maximum atomic E-state index is 10.8. The van der Waals surface area contributed by atoms with Crippen LogP contribution in [-0.4, -0.2) is 42.9 Å². The fourth-order valence-electron chi connectivity index (χ4n) is 2.69. The summed E-state index contributed by atoms with van der Waals surface area (Å²) in [4.78, 5) is 2.34. The molecule has 1 unspecified atom stereocenters. The Morgan fingerprint density at radius 2 is 1.80 bits per heavy atom. The lowest BCUT2D eigenvalue weighted by Gasteiger charge is -2.36. The van der Waals surface area contributed by atoms with E-state index >= 15 is 0 Å². The Bertz CT molecular complexity index is 361. The van der Waals surface area contributed by atoms with Gasteiger partial charge in [-0.25, -0.2) is 0 Å². The zero-order valence-corrected chi connectivity index (χ0v) is 13.3. The highest BCUT2D eigenvalue weighted by Crippen LogP contribution is 2.23. The van der Waals surface area contributed by atoms with E-state index in [2.05, 4.69) is 18.7 Å². The Labute approximate surface area is 123 Å². The van der Waals surface area contributed by atoms with Gasteiger partial charge in [0.2, 0.25) is 0 Å². The van der Waals surface area contributed by atoms with Gasteiger partial charge in [-0.2, -0.15) is 0 Å². The second kappa shape index (κ2) is 8.40. The molecule has 3 nitrogen and oxygen atoms in total. The zero-order valence-electron chi connectivity index (χ0n) is 13.3. The molecule has 20 heavy (non-hydrogen) atoms. The van der Waals surface area contributed by atoms with Crippen LogP contribution in [-0.2, 0) is 10.3 Å². The lowest BCUT2D eigenvalue weighted by atomic mass is 9.94. The van der Waals surface area contributed by atoms with E-state index in [1.165, 1.54) is 0 Å². The normalized spacial score (nSPS) is 14.8. The number of benzene rings is 1. The van der Waals surface area contributed by atoms with Gasteiger partial charge in [0.05, 0.1) is 12.2 Å². The summed E-state index contributed by atoms with van der Waals surface area (Å²) in [5.74, 6) is 0. The highest BCUT2D eigenvalue weighted by Gasteiger charge is 2.28. The van der Waals surface area contributed by atoms with Crippen molar-refractivity contribution in [2.24, 2.45) is 0 Å². The Kier molecular flexibility index (Phi) is 7.20. The topological polar surface area (TPSA) is 32.7 Å². The minimum absolute atomic E-state index is 0.486. The van der Waals surface area contributed by atoms with Gasteiger partial charge >= 0.3 is 0 Å². The summed E-state index contributed by atoms with van der Waals surface area (Å²) in [6.45, 7) is 8.47. The van der Waals surface area contributed by atoms with Crippen molar-refractivity contribution in [1.29, 1.82) is 0 Å². The van der Waals surface area contributed by atoms with Crippen molar-refractivity contribution >= 4 is 0 Å². The van der Waals surface area contributed by atoms with Crippen LogP contribution in [0.4, 0.5) is 0 Å². The van der Waals surface area contributed by atoms with E-state index in [9.17, 15) is 5.11 Å². The first-order valence-electron chi connectivity index (χ1n) is 7.56. The van der Waals surface area contributed by atoms with Crippen molar-refractivity contribution in [2.45, 2.75) is 45.3 Å². The van der Waals surface area contributed by atoms with Gasteiger partial charge in [0.25, 0.3) is 0 Å². The van der Waals surface area contributed by atoms with Crippen LogP contribution in [0.15, 0.2) is 30.3 Å². The van der Waals surface area contributed by atoms with Crippen molar-refractivity contribution in [3.05, 3.63) is 35.9 Å². The average molecular weight is 279 g/mol. The molecular weight excluding hydrogens is 250 g/mol. The van der Waals surface area contributed by atoms with E-state index < -0.39 is 5.60 Å². The summed E-state index contributed by atoms with van der Waals surface area (Å²) in [5, 5.41) is 10.8. The number of ether oxygens (including phenoxy) is 1. The van der Waals surface area contributed by atoms with E-state index in [1.807, 2.05) is 37.3 Å². The molecule has 0 saturated carbocycles. The number of hydrogen-bond donors (Lipinski definition) is 1. The van der Waals surface area contributed by atoms with E-state index in [1.54, 1.807) is 7.11 Å². The van der Waals surface area contributed by atoms with Crippen molar-refractivity contribution in [2.75, 3.05) is 26.8 Å². The van der Waals surface area contributed by atoms with E-state index in [4.69, 9.17) is 4.74 Å². The van der Waals surface area contributed by atoms with Gasteiger partial charge in [-0.15, -0.1) is 0 Å². The van der Waals surface area contributed by atoms with Gasteiger partial charge in [0.1, 0.15) is 0 Å². The number of hydrogen-bond acceptors (Lipinski definition) is 3. The Morgan fingerprint density at radius 3 is 2.30 bits per heavy atom. The molecule has 0 aromatic heterocycles. The second-order valence-corrected chi connectivity index (χ2v) is 5.57. The molecule has 1 rings (SSSR count). The average Bonchev–Trinajstić information content (AvgIpc) is 2.46. The molecule has 0 aliphatic heterocycles. The molecule has 114 valence electrons. The molecule has 1 N–H and O–H groups in total. The fraction of sp³-hybridized carbons (Fsp3) is 0.647. The predicted molar refractivity (Wildman–Crippen MR) is 83.8 cm³/mol. The molecule has 3 heteroatoms. The zero-order chi connectivity index (χ0) is 15.0. The second-order valence-electron chi connectivity index (χ2n) is 5.57. The first-order valence-corrected chi connectivity index (χ1v) is 7.56. The lowest BCUT2D eigenvalue weighted by Crippen LogP contribution is -2.45. The molecule has 1 aromatic rings. The molecule has 0 aliphatic carbocycles. The molecule has 0 heterocycles. The molecule has 0 radical (unpaired) electrons. The van der Waals surface area contributed by atoms with Crippen LogP contribution in [0.5, 0.6) is 0 Å². The third-order valence-electron chi connectivity index (χ3n) is 3.95. The smallest absolute Gasteiger partial charge is 0.0994 e. The van der Waals surface area contributed by atoms with Crippen molar-refractivity contribution in [3.8, 4) is 0 Å². The summed E-state index contributed by atoms with van der Waals surface area (Å²) in [6.07, 6.45) is 2.18. The number of rotatable bonds is 9. The molecular formula is C17H29NO2. The van der Waals surface area contributed by atoms with Crippen molar-refractivity contribution < 1.29 is 9.84 Å². The number of aliphatic hydroxyl groups is 1. The molecule has 1 atom stereocenters. The highest BCUT2D eigenvalue weighted by molar-refractivity contribution is 5.21. The minimum Gasteiger partial charge on any atom is -0.384 e. The van der Waals surface area contributed by atoms with Crippen LogP contribution in [0, 0.1) is 0 Å². The van der Waals surface area contributed by atoms with Gasteiger partial charge in [0.15, 0.2) is 0 Å². The fourth-order valence-corrected chi connectivity index (χ4v) is 2.69. The van der Waals surface area contributed by atoms with E-state index in [0.717, 1.165) is 24.9 Å². The molecule has 0 fully saturated rings. The van der Waals surface area contributed by atoms with Crippen LogP contribution >= 0.6 is 0 Å². The van der Waals surface area contributed by atoms with Crippen LogP contribution in [0.1, 0.15) is 39.2 Å².